The van der Waals surface area contributed by atoms with Crippen LogP contribution in [0.1, 0.15) is 0 Å². The predicted molar refractivity (Wildman–Crippen MR) is 125 cm³/mol. The minimum Gasteiger partial charge on any atom is -0.325 e. The summed E-state index contributed by atoms with van der Waals surface area (Å²) in [6.45, 7) is 0. The third-order valence-electron chi connectivity index (χ3n) is 4.81. The maximum Gasteiger partial charge on any atom is 0.234 e. The van der Waals surface area contributed by atoms with Crippen LogP contribution >= 0.6 is 23.4 Å². The standard InChI is InChI=1S/C23H16ClN5OS/c24-18-9-3-4-11-20(18)29-22-17(12-27-29)23(26-14-25-22)31-13-21(30)28-19-10-5-7-15-6-1-2-8-16(15)19/h1-12,14H,13H2,(H,28,30). The molecule has 0 saturated heterocycles. The van der Waals surface area contributed by atoms with Gasteiger partial charge in [0.2, 0.25) is 5.91 Å². The molecule has 0 radical (unpaired) electrons. The van der Waals surface area contributed by atoms with Crippen LogP contribution in [0.3, 0.4) is 0 Å². The van der Waals surface area contributed by atoms with Crippen LogP contribution in [0.5, 0.6) is 0 Å². The third-order valence-corrected chi connectivity index (χ3v) is 6.14. The van der Waals surface area contributed by atoms with Gasteiger partial charge >= 0.3 is 0 Å². The topological polar surface area (TPSA) is 72.7 Å². The molecule has 0 fully saturated rings. The number of nitrogens with zero attached hydrogens (tertiary/aromatic N) is 4. The van der Waals surface area contributed by atoms with Crippen LogP contribution in [-0.2, 0) is 4.79 Å². The number of thioether (sulfide) groups is 1. The zero-order valence-electron chi connectivity index (χ0n) is 16.2. The molecule has 0 bridgehead atoms. The summed E-state index contributed by atoms with van der Waals surface area (Å²) in [4.78, 5) is 21.3. The van der Waals surface area contributed by atoms with E-state index in [4.69, 9.17) is 11.6 Å². The Kier molecular flexibility index (Phi) is 5.28. The molecule has 31 heavy (non-hydrogen) atoms. The largest absolute Gasteiger partial charge is 0.325 e. The summed E-state index contributed by atoms with van der Waals surface area (Å²) in [5.74, 6) is 0.110. The van der Waals surface area contributed by atoms with E-state index in [2.05, 4.69) is 20.4 Å². The van der Waals surface area contributed by atoms with Crippen molar-refractivity contribution in [2.24, 2.45) is 0 Å². The summed E-state index contributed by atoms with van der Waals surface area (Å²) < 4.78 is 1.68. The van der Waals surface area contributed by atoms with E-state index in [-0.39, 0.29) is 11.7 Å². The van der Waals surface area contributed by atoms with Crippen LogP contribution in [0.4, 0.5) is 5.69 Å². The molecule has 0 aliphatic carbocycles. The highest BCUT2D eigenvalue weighted by molar-refractivity contribution is 8.00. The van der Waals surface area contributed by atoms with Crippen molar-refractivity contribution in [2.75, 3.05) is 11.1 Å². The Hall–Kier alpha value is -3.42. The average Bonchev–Trinajstić information content (AvgIpc) is 3.23. The smallest absolute Gasteiger partial charge is 0.234 e. The summed E-state index contributed by atoms with van der Waals surface area (Å²) in [6, 6.07) is 21.3. The van der Waals surface area contributed by atoms with Gasteiger partial charge in [0, 0.05) is 11.1 Å². The number of rotatable bonds is 5. The van der Waals surface area contributed by atoms with Crippen molar-refractivity contribution in [3.63, 3.8) is 0 Å². The van der Waals surface area contributed by atoms with Gasteiger partial charge in [-0.05, 0) is 23.6 Å². The lowest BCUT2D eigenvalue weighted by Crippen LogP contribution is -2.14. The number of benzene rings is 3. The first kappa shape index (κ1) is 19.5. The Morgan fingerprint density at radius 3 is 2.68 bits per heavy atom. The Balaban J connectivity index is 1.36. The van der Waals surface area contributed by atoms with Crippen molar-refractivity contribution >= 4 is 56.8 Å². The fourth-order valence-corrected chi connectivity index (χ4v) is 4.37. The maximum atomic E-state index is 12.6. The Bertz CT molecular complexity index is 1410. The van der Waals surface area contributed by atoms with Crippen LogP contribution < -0.4 is 5.32 Å². The quantitative estimate of drug-likeness (QED) is 0.291. The van der Waals surface area contributed by atoms with Gasteiger partial charge in [0.25, 0.3) is 0 Å². The van der Waals surface area contributed by atoms with E-state index < -0.39 is 0 Å². The molecule has 1 amide bonds. The minimum atomic E-state index is -0.105. The Morgan fingerprint density at radius 2 is 1.77 bits per heavy atom. The molecule has 0 saturated carbocycles. The monoisotopic (exact) mass is 445 g/mol. The zero-order chi connectivity index (χ0) is 21.2. The van der Waals surface area contributed by atoms with E-state index >= 15 is 0 Å². The molecule has 2 heterocycles. The van der Waals surface area contributed by atoms with E-state index in [9.17, 15) is 4.79 Å². The molecule has 0 atom stereocenters. The van der Waals surface area contributed by atoms with Gasteiger partial charge in [0.15, 0.2) is 5.65 Å². The van der Waals surface area contributed by atoms with Crippen LogP contribution in [0.25, 0.3) is 27.5 Å². The number of halogens is 1. The fourth-order valence-electron chi connectivity index (χ4n) is 3.39. The average molecular weight is 446 g/mol. The van der Waals surface area contributed by atoms with Gasteiger partial charge in [-0.25, -0.2) is 14.6 Å². The molecule has 0 unspecified atom stereocenters. The van der Waals surface area contributed by atoms with E-state index in [1.807, 2.05) is 60.7 Å². The number of para-hydroxylation sites is 1. The van der Waals surface area contributed by atoms with Gasteiger partial charge in [-0.15, -0.1) is 0 Å². The number of aromatic nitrogens is 4. The van der Waals surface area contributed by atoms with Gasteiger partial charge in [-0.1, -0.05) is 71.9 Å². The normalized spacial score (nSPS) is 11.1. The second-order valence-electron chi connectivity index (χ2n) is 6.79. The molecule has 3 aromatic carbocycles. The highest BCUT2D eigenvalue weighted by Crippen LogP contribution is 2.28. The molecule has 0 aliphatic rings. The molecule has 5 aromatic rings. The minimum absolute atomic E-state index is 0.105. The van der Waals surface area contributed by atoms with E-state index in [0.717, 1.165) is 27.5 Å². The number of carbonyl (C=O) groups excluding carboxylic acids is 1. The molecular weight excluding hydrogens is 430 g/mol. The lowest BCUT2D eigenvalue weighted by molar-refractivity contribution is -0.113. The second kappa shape index (κ2) is 8.37. The molecule has 152 valence electrons. The van der Waals surface area contributed by atoms with E-state index in [1.165, 1.54) is 18.1 Å². The van der Waals surface area contributed by atoms with Crippen molar-refractivity contribution in [3.05, 3.63) is 84.3 Å². The summed E-state index contributed by atoms with van der Waals surface area (Å²) in [7, 11) is 0. The SMILES string of the molecule is O=C(CSc1ncnc2c1cnn2-c1ccccc1Cl)Nc1cccc2ccccc12. The third kappa shape index (κ3) is 3.85. The highest BCUT2D eigenvalue weighted by atomic mass is 35.5. The molecule has 0 aliphatic heterocycles. The fraction of sp³-hybridized carbons (Fsp3) is 0.0435. The van der Waals surface area contributed by atoms with Crippen molar-refractivity contribution in [1.29, 1.82) is 0 Å². The summed E-state index contributed by atoms with van der Waals surface area (Å²) in [5.41, 5.74) is 2.17. The number of fused-ring (bicyclic) bond motifs is 2. The van der Waals surface area contributed by atoms with Crippen LogP contribution in [-0.4, -0.2) is 31.4 Å². The first-order valence-electron chi connectivity index (χ1n) is 9.55. The van der Waals surface area contributed by atoms with Gasteiger partial charge in [0.05, 0.1) is 28.0 Å². The van der Waals surface area contributed by atoms with E-state index in [1.54, 1.807) is 16.9 Å². The Morgan fingerprint density at radius 1 is 0.968 bits per heavy atom. The first-order chi connectivity index (χ1) is 15.2. The zero-order valence-corrected chi connectivity index (χ0v) is 17.8. The molecule has 2 aromatic heterocycles. The molecule has 5 rings (SSSR count). The predicted octanol–water partition coefficient (Wildman–Crippen LogP) is 5.35. The molecule has 6 nitrogen and oxygen atoms in total. The van der Waals surface area contributed by atoms with Gasteiger partial charge in [-0.3, -0.25) is 4.79 Å². The van der Waals surface area contributed by atoms with Crippen LogP contribution in [0, 0.1) is 0 Å². The number of hydrogen-bond donors (Lipinski definition) is 1. The van der Waals surface area contributed by atoms with Gasteiger partial charge in [0.1, 0.15) is 11.4 Å². The summed E-state index contributed by atoms with van der Waals surface area (Å²) in [5, 5.41) is 11.6. The molecule has 0 spiro atoms. The number of carbonyl (C=O) groups is 1. The van der Waals surface area contributed by atoms with Crippen molar-refractivity contribution in [3.8, 4) is 5.69 Å². The van der Waals surface area contributed by atoms with Crippen LogP contribution in [0.2, 0.25) is 5.02 Å². The lowest BCUT2D eigenvalue weighted by Gasteiger charge is -2.09. The molecule has 8 heteroatoms. The summed E-state index contributed by atoms with van der Waals surface area (Å²) >= 11 is 7.66. The Labute approximate surface area is 187 Å². The lowest BCUT2D eigenvalue weighted by atomic mass is 10.1. The number of nitrogens with one attached hydrogen (secondary N) is 1. The van der Waals surface area contributed by atoms with Crippen molar-refractivity contribution < 1.29 is 4.79 Å². The van der Waals surface area contributed by atoms with Crippen LogP contribution in [0.15, 0.2) is 84.3 Å². The number of anilines is 1. The van der Waals surface area contributed by atoms with Gasteiger partial charge < -0.3 is 5.32 Å². The molecule has 1 N–H and O–H groups in total. The summed E-state index contributed by atoms with van der Waals surface area (Å²) in [6.07, 6.45) is 3.17. The number of amides is 1. The van der Waals surface area contributed by atoms with Gasteiger partial charge in [-0.2, -0.15) is 5.10 Å². The van der Waals surface area contributed by atoms with Crippen molar-refractivity contribution in [1.82, 2.24) is 19.7 Å². The van der Waals surface area contributed by atoms with E-state index in [0.29, 0.717) is 15.7 Å². The highest BCUT2D eigenvalue weighted by Gasteiger charge is 2.14. The maximum absolute atomic E-state index is 12.6. The first-order valence-corrected chi connectivity index (χ1v) is 10.9. The van der Waals surface area contributed by atoms with Crippen molar-refractivity contribution in [2.45, 2.75) is 5.03 Å². The molecular formula is C23H16ClN5OS. The second-order valence-corrected chi connectivity index (χ2v) is 8.16. The number of hydrogen-bond acceptors (Lipinski definition) is 5.